The molecule has 1 aliphatic rings. The maximum atomic E-state index is 12.0. The van der Waals surface area contributed by atoms with Gasteiger partial charge in [0.05, 0.1) is 11.4 Å². The Kier molecular flexibility index (Phi) is 3.58. The minimum atomic E-state index is -3.12. The molecule has 3 rings (SSSR count). The lowest BCUT2D eigenvalue weighted by molar-refractivity contribution is 0.317. The van der Waals surface area contributed by atoms with E-state index in [1.807, 2.05) is 0 Å². The zero-order valence-electron chi connectivity index (χ0n) is 11.8. The number of piperidine rings is 1. The van der Waals surface area contributed by atoms with E-state index in [9.17, 15) is 13.2 Å². The van der Waals surface area contributed by atoms with Crippen LogP contribution in [0.25, 0.3) is 5.65 Å². The van der Waals surface area contributed by atoms with Crippen molar-refractivity contribution in [3.8, 4) is 0 Å². The molecule has 0 aromatic carbocycles. The van der Waals surface area contributed by atoms with Crippen LogP contribution in [0.15, 0.2) is 23.1 Å². The number of aromatic nitrogens is 3. The van der Waals surface area contributed by atoms with Crippen LogP contribution < -0.4 is 5.56 Å². The third-order valence-corrected chi connectivity index (χ3v) is 5.91. The van der Waals surface area contributed by atoms with Crippen LogP contribution in [-0.4, -0.2) is 46.2 Å². The standard InChI is InChI=1S/C13H18N4O3S/c1-2-21(19,20)16-7-4-10(5-8-16)11-9-13(18)17-12(15-11)3-6-14-17/h3,6,9-10,14H,2,4-5,7-8H2,1H3. The number of sulfonamides is 1. The Morgan fingerprint density at radius 1 is 1.38 bits per heavy atom. The lowest BCUT2D eigenvalue weighted by atomic mass is 9.94. The molecule has 0 radical (unpaired) electrons. The van der Waals surface area contributed by atoms with E-state index in [0.717, 1.165) is 5.69 Å². The second-order valence-corrected chi connectivity index (χ2v) is 7.51. The molecule has 7 nitrogen and oxygen atoms in total. The monoisotopic (exact) mass is 310 g/mol. The van der Waals surface area contributed by atoms with E-state index < -0.39 is 10.0 Å². The maximum absolute atomic E-state index is 12.0. The third-order valence-electron chi connectivity index (χ3n) is 4.03. The molecule has 2 aromatic rings. The number of nitrogens with one attached hydrogen (secondary N) is 1. The summed E-state index contributed by atoms with van der Waals surface area (Å²) in [5, 5.41) is 2.81. The van der Waals surface area contributed by atoms with Crippen molar-refractivity contribution in [2.24, 2.45) is 0 Å². The summed E-state index contributed by atoms with van der Waals surface area (Å²) in [6, 6.07) is 3.29. The van der Waals surface area contributed by atoms with Crippen LogP contribution in [0.2, 0.25) is 0 Å². The van der Waals surface area contributed by atoms with Crippen LogP contribution in [0.1, 0.15) is 31.4 Å². The molecule has 1 fully saturated rings. The van der Waals surface area contributed by atoms with Crippen LogP contribution in [0.5, 0.6) is 0 Å². The van der Waals surface area contributed by atoms with E-state index in [4.69, 9.17) is 0 Å². The maximum Gasteiger partial charge on any atom is 0.272 e. The fourth-order valence-corrected chi connectivity index (χ4v) is 3.90. The van der Waals surface area contributed by atoms with Crippen LogP contribution in [-0.2, 0) is 10.0 Å². The number of rotatable bonds is 3. The zero-order chi connectivity index (χ0) is 15.0. The summed E-state index contributed by atoms with van der Waals surface area (Å²) in [4.78, 5) is 16.4. The normalized spacial score (nSPS) is 18.3. The number of fused-ring (bicyclic) bond motifs is 1. The number of H-pyrrole nitrogens is 1. The minimum Gasteiger partial charge on any atom is -0.297 e. The summed E-state index contributed by atoms with van der Waals surface area (Å²) in [6.45, 7) is 2.65. The number of nitrogens with zero attached hydrogens (tertiary/aromatic N) is 3. The molecule has 21 heavy (non-hydrogen) atoms. The number of hydrogen-bond donors (Lipinski definition) is 1. The van der Waals surface area contributed by atoms with Gasteiger partial charge in [0.25, 0.3) is 5.56 Å². The average Bonchev–Trinajstić information content (AvgIpc) is 2.96. The first-order chi connectivity index (χ1) is 10.0. The van der Waals surface area contributed by atoms with Crippen molar-refractivity contribution < 1.29 is 8.42 Å². The van der Waals surface area contributed by atoms with E-state index in [2.05, 4.69) is 10.1 Å². The zero-order valence-corrected chi connectivity index (χ0v) is 12.6. The van der Waals surface area contributed by atoms with E-state index in [0.29, 0.717) is 31.6 Å². The molecule has 114 valence electrons. The van der Waals surface area contributed by atoms with Crippen molar-refractivity contribution in [2.75, 3.05) is 18.8 Å². The predicted molar refractivity (Wildman–Crippen MR) is 78.8 cm³/mol. The van der Waals surface area contributed by atoms with Gasteiger partial charge in [-0.05, 0) is 19.8 Å². The highest BCUT2D eigenvalue weighted by molar-refractivity contribution is 7.89. The Bertz CT molecular complexity index is 800. The molecule has 0 unspecified atom stereocenters. The van der Waals surface area contributed by atoms with Gasteiger partial charge in [0.2, 0.25) is 10.0 Å². The minimum absolute atomic E-state index is 0.132. The van der Waals surface area contributed by atoms with E-state index in [1.165, 1.54) is 14.9 Å². The highest BCUT2D eigenvalue weighted by Gasteiger charge is 2.28. The highest BCUT2D eigenvalue weighted by Crippen LogP contribution is 2.27. The van der Waals surface area contributed by atoms with E-state index in [-0.39, 0.29) is 17.2 Å². The van der Waals surface area contributed by atoms with Gasteiger partial charge in [-0.3, -0.25) is 9.89 Å². The van der Waals surface area contributed by atoms with Crippen molar-refractivity contribution in [3.63, 3.8) is 0 Å². The molecule has 1 N–H and O–H groups in total. The fourth-order valence-electron chi connectivity index (χ4n) is 2.77. The van der Waals surface area contributed by atoms with Crippen molar-refractivity contribution in [3.05, 3.63) is 34.4 Å². The summed E-state index contributed by atoms with van der Waals surface area (Å²) in [7, 11) is -3.12. The second kappa shape index (κ2) is 5.27. The van der Waals surface area contributed by atoms with Gasteiger partial charge >= 0.3 is 0 Å². The highest BCUT2D eigenvalue weighted by atomic mass is 32.2. The quantitative estimate of drug-likeness (QED) is 0.897. The Balaban J connectivity index is 1.81. The molecule has 0 atom stereocenters. The van der Waals surface area contributed by atoms with Crippen LogP contribution >= 0.6 is 0 Å². The van der Waals surface area contributed by atoms with Crippen LogP contribution in [0.3, 0.4) is 0 Å². The first kappa shape index (κ1) is 14.3. The smallest absolute Gasteiger partial charge is 0.272 e. The van der Waals surface area contributed by atoms with Crippen molar-refractivity contribution in [1.29, 1.82) is 0 Å². The van der Waals surface area contributed by atoms with Crippen molar-refractivity contribution in [1.82, 2.24) is 18.9 Å². The largest absolute Gasteiger partial charge is 0.297 e. The third kappa shape index (κ3) is 2.60. The van der Waals surface area contributed by atoms with Crippen molar-refractivity contribution in [2.45, 2.75) is 25.7 Å². The molecule has 0 amide bonds. The van der Waals surface area contributed by atoms with Crippen LogP contribution in [0, 0.1) is 0 Å². The SMILES string of the molecule is CCS(=O)(=O)N1CCC(c2cc(=O)n3[nH]ccc3n2)CC1. The van der Waals surface area contributed by atoms with Gasteiger partial charge in [0, 0.05) is 37.3 Å². The summed E-state index contributed by atoms with van der Waals surface area (Å²) in [6.07, 6.45) is 3.07. The molecule has 0 spiro atoms. The summed E-state index contributed by atoms with van der Waals surface area (Å²) >= 11 is 0. The summed E-state index contributed by atoms with van der Waals surface area (Å²) < 4.78 is 26.6. The second-order valence-electron chi connectivity index (χ2n) is 5.25. The van der Waals surface area contributed by atoms with E-state index in [1.54, 1.807) is 19.2 Å². The first-order valence-corrected chi connectivity index (χ1v) is 8.67. The average molecular weight is 310 g/mol. The number of hydrogen-bond acceptors (Lipinski definition) is 4. The van der Waals surface area contributed by atoms with E-state index >= 15 is 0 Å². The lowest BCUT2D eigenvalue weighted by Crippen LogP contribution is -2.39. The molecule has 2 aromatic heterocycles. The molecule has 3 heterocycles. The van der Waals surface area contributed by atoms with Gasteiger partial charge in [-0.25, -0.2) is 22.2 Å². The molecule has 0 saturated carbocycles. The van der Waals surface area contributed by atoms with Gasteiger partial charge in [-0.1, -0.05) is 0 Å². The molecule has 0 aliphatic carbocycles. The number of aromatic amines is 1. The summed E-state index contributed by atoms with van der Waals surface area (Å²) in [5.41, 5.74) is 1.22. The van der Waals surface area contributed by atoms with Gasteiger partial charge in [-0.2, -0.15) is 0 Å². The first-order valence-electron chi connectivity index (χ1n) is 7.06. The van der Waals surface area contributed by atoms with Gasteiger partial charge < -0.3 is 0 Å². The molecule has 0 bridgehead atoms. The van der Waals surface area contributed by atoms with Gasteiger partial charge in [-0.15, -0.1) is 0 Å². The van der Waals surface area contributed by atoms with Gasteiger partial charge in [0.1, 0.15) is 0 Å². The molecular formula is C13H18N4O3S. The Hall–Kier alpha value is -1.67. The predicted octanol–water partition coefficient (Wildman–Crippen LogP) is 0.552. The lowest BCUT2D eigenvalue weighted by Gasteiger charge is -2.30. The molecular weight excluding hydrogens is 292 g/mol. The van der Waals surface area contributed by atoms with Gasteiger partial charge in [0.15, 0.2) is 5.65 Å². The Morgan fingerprint density at radius 3 is 2.76 bits per heavy atom. The summed E-state index contributed by atoms with van der Waals surface area (Å²) in [5.74, 6) is 0.271. The van der Waals surface area contributed by atoms with Crippen molar-refractivity contribution >= 4 is 15.7 Å². The Labute approximate surface area is 122 Å². The molecule has 1 aliphatic heterocycles. The van der Waals surface area contributed by atoms with Crippen LogP contribution in [0.4, 0.5) is 0 Å². The molecule has 8 heteroatoms. The topological polar surface area (TPSA) is 87.5 Å². The molecule has 1 saturated heterocycles. The Morgan fingerprint density at radius 2 is 2.10 bits per heavy atom. The fraction of sp³-hybridized carbons (Fsp3) is 0.538.